The summed E-state index contributed by atoms with van der Waals surface area (Å²) < 4.78 is 5.96. The van der Waals surface area contributed by atoms with Gasteiger partial charge in [0.15, 0.2) is 0 Å². The van der Waals surface area contributed by atoms with Crippen molar-refractivity contribution < 1.29 is 14.3 Å². The van der Waals surface area contributed by atoms with Crippen LogP contribution in [-0.2, 0) is 14.3 Å². The molecule has 1 N–H and O–H groups in total. The molecule has 0 radical (unpaired) electrons. The number of hydrogen-bond acceptors (Lipinski definition) is 3. The van der Waals surface area contributed by atoms with Crippen LogP contribution in [0.15, 0.2) is 12.2 Å². The van der Waals surface area contributed by atoms with Crippen molar-refractivity contribution in [3.05, 3.63) is 12.2 Å². The van der Waals surface area contributed by atoms with Gasteiger partial charge < -0.3 is 10.1 Å². The van der Waals surface area contributed by atoms with Crippen molar-refractivity contribution in [1.29, 1.82) is 0 Å². The van der Waals surface area contributed by atoms with E-state index in [0.717, 1.165) is 45.1 Å². The van der Waals surface area contributed by atoms with E-state index < -0.39 is 5.91 Å². The average Bonchev–Trinajstić information content (AvgIpc) is 2.97. The lowest BCUT2D eigenvalue weighted by atomic mass is 10.0. The lowest BCUT2D eigenvalue weighted by Gasteiger charge is -2.18. The molecule has 1 amide bonds. The molecule has 0 aliphatic heterocycles. The van der Waals surface area contributed by atoms with Crippen molar-refractivity contribution in [3.8, 4) is 0 Å². The van der Waals surface area contributed by atoms with E-state index >= 15 is 0 Å². The standard InChI is InChI=1S/C37H71NO3/c1-4-7-10-13-16-18-19-20-21-23-26-29-32-36(39)37(40)38-35(31-28-25-22-15-12-9-6-3)34-41-33-30-27-24-17-14-11-8-5-2/h22,25,35H,4-21,23-24,26-34H2,1-3H3,(H,38,40)/b25-22+/t35-/m1/s1. The van der Waals surface area contributed by atoms with Crippen LogP contribution in [-0.4, -0.2) is 30.9 Å². The molecule has 0 aromatic rings. The van der Waals surface area contributed by atoms with Crippen molar-refractivity contribution in [3.63, 3.8) is 0 Å². The Hall–Kier alpha value is -1.16. The number of amides is 1. The molecular weight excluding hydrogens is 506 g/mol. The Kier molecular flexibility index (Phi) is 32.4. The first-order chi connectivity index (χ1) is 20.2. The maximum Gasteiger partial charge on any atom is 0.287 e. The van der Waals surface area contributed by atoms with Crippen molar-refractivity contribution in [2.75, 3.05) is 13.2 Å². The lowest BCUT2D eigenvalue weighted by Crippen LogP contribution is -2.42. The van der Waals surface area contributed by atoms with E-state index in [2.05, 4.69) is 38.2 Å². The summed E-state index contributed by atoms with van der Waals surface area (Å²) in [5.41, 5.74) is 0. The summed E-state index contributed by atoms with van der Waals surface area (Å²) in [4.78, 5) is 25.2. The van der Waals surface area contributed by atoms with E-state index in [1.54, 1.807) is 0 Å². The largest absolute Gasteiger partial charge is 0.379 e. The number of ketones is 1. The van der Waals surface area contributed by atoms with Crippen LogP contribution in [0, 0.1) is 0 Å². The molecule has 0 aromatic heterocycles. The molecule has 0 unspecified atom stereocenters. The van der Waals surface area contributed by atoms with Crippen molar-refractivity contribution in [2.24, 2.45) is 0 Å². The average molecular weight is 578 g/mol. The topological polar surface area (TPSA) is 55.4 Å². The molecule has 0 spiro atoms. The van der Waals surface area contributed by atoms with Gasteiger partial charge >= 0.3 is 0 Å². The zero-order valence-electron chi connectivity index (χ0n) is 28.0. The van der Waals surface area contributed by atoms with Crippen LogP contribution in [0.3, 0.4) is 0 Å². The number of nitrogens with one attached hydrogen (secondary N) is 1. The molecule has 1 atom stereocenters. The molecule has 0 aliphatic carbocycles. The van der Waals surface area contributed by atoms with E-state index in [1.807, 2.05) is 0 Å². The molecule has 0 heterocycles. The van der Waals surface area contributed by atoms with E-state index in [9.17, 15) is 9.59 Å². The molecule has 0 aromatic carbocycles. The number of ether oxygens (including phenoxy) is 1. The second-order valence-electron chi connectivity index (χ2n) is 12.3. The number of unbranched alkanes of at least 4 members (excludes halogenated alkanes) is 21. The highest BCUT2D eigenvalue weighted by Gasteiger charge is 2.18. The Morgan fingerprint density at radius 2 is 1.00 bits per heavy atom. The van der Waals surface area contributed by atoms with Gasteiger partial charge in [0.25, 0.3) is 5.91 Å². The van der Waals surface area contributed by atoms with Crippen LogP contribution >= 0.6 is 0 Å². The van der Waals surface area contributed by atoms with Gasteiger partial charge in [-0.15, -0.1) is 0 Å². The van der Waals surface area contributed by atoms with Crippen molar-refractivity contribution in [1.82, 2.24) is 5.32 Å². The molecule has 4 nitrogen and oxygen atoms in total. The number of carbonyl (C=O) groups excluding carboxylic acids is 2. The van der Waals surface area contributed by atoms with Gasteiger partial charge in [0.2, 0.25) is 5.78 Å². The van der Waals surface area contributed by atoms with Crippen molar-refractivity contribution >= 4 is 11.7 Å². The predicted molar refractivity (Wildman–Crippen MR) is 179 cm³/mol. The van der Waals surface area contributed by atoms with Crippen LogP contribution in [0.2, 0.25) is 0 Å². The number of rotatable bonds is 33. The maximum absolute atomic E-state index is 12.6. The van der Waals surface area contributed by atoms with Gasteiger partial charge in [0, 0.05) is 13.0 Å². The SMILES string of the molecule is CCCCC/C=C/CC[C@H](COCCCCCCCCCC)NC(=O)C(=O)CCCCCCCCCCCCCC. The summed E-state index contributed by atoms with van der Waals surface area (Å²) in [5, 5.41) is 3.00. The number of allylic oxidation sites excluding steroid dienone is 2. The lowest BCUT2D eigenvalue weighted by molar-refractivity contribution is -0.138. The molecule has 41 heavy (non-hydrogen) atoms. The fraction of sp³-hybridized carbons (Fsp3) is 0.892. The number of Topliss-reactive ketones (excluding diaryl/α,β-unsaturated/α-hetero) is 1. The number of hydrogen-bond donors (Lipinski definition) is 1. The molecule has 4 heteroatoms. The molecule has 0 rings (SSSR count). The van der Waals surface area contributed by atoms with Crippen LogP contribution in [0.5, 0.6) is 0 Å². The Morgan fingerprint density at radius 1 is 0.561 bits per heavy atom. The second-order valence-corrected chi connectivity index (χ2v) is 12.3. The highest BCUT2D eigenvalue weighted by Crippen LogP contribution is 2.13. The van der Waals surface area contributed by atoms with Gasteiger partial charge in [-0.05, 0) is 38.5 Å². The molecule has 242 valence electrons. The van der Waals surface area contributed by atoms with Gasteiger partial charge in [-0.2, -0.15) is 0 Å². The van der Waals surface area contributed by atoms with Gasteiger partial charge in [0.1, 0.15) is 0 Å². The monoisotopic (exact) mass is 578 g/mol. The first kappa shape index (κ1) is 39.8. The quantitative estimate of drug-likeness (QED) is 0.0479. The smallest absolute Gasteiger partial charge is 0.287 e. The van der Waals surface area contributed by atoms with Gasteiger partial charge in [0.05, 0.1) is 12.6 Å². The second kappa shape index (κ2) is 33.3. The summed E-state index contributed by atoms with van der Waals surface area (Å²) >= 11 is 0. The van der Waals surface area contributed by atoms with Gasteiger partial charge in [-0.1, -0.05) is 161 Å². The summed E-state index contributed by atoms with van der Waals surface area (Å²) in [7, 11) is 0. The Labute approximate surface area is 256 Å². The highest BCUT2D eigenvalue weighted by molar-refractivity contribution is 6.36. The van der Waals surface area contributed by atoms with Crippen LogP contribution in [0.4, 0.5) is 0 Å². The molecule has 0 aliphatic rings. The van der Waals surface area contributed by atoms with Gasteiger partial charge in [-0.3, -0.25) is 9.59 Å². The third-order valence-electron chi connectivity index (χ3n) is 8.13. The van der Waals surface area contributed by atoms with Crippen molar-refractivity contribution in [2.45, 2.75) is 200 Å². The summed E-state index contributed by atoms with van der Waals surface area (Å²) in [6.45, 7) is 7.98. The fourth-order valence-electron chi connectivity index (χ4n) is 5.31. The Morgan fingerprint density at radius 3 is 1.54 bits per heavy atom. The number of carbonyl (C=O) groups is 2. The zero-order chi connectivity index (χ0) is 30.1. The molecule has 0 fully saturated rings. The minimum Gasteiger partial charge on any atom is -0.379 e. The third-order valence-corrected chi connectivity index (χ3v) is 8.13. The Bertz CT molecular complexity index is 589. The first-order valence-electron chi connectivity index (χ1n) is 18.2. The molecular formula is C37H71NO3. The molecule has 0 saturated heterocycles. The van der Waals surface area contributed by atoms with Crippen LogP contribution < -0.4 is 5.32 Å². The van der Waals surface area contributed by atoms with E-state index in [1.165, 1.54) is 128 Å². The summed E-state index contributed by atoms with van der Waals surface area (Å²) in [5.74, 6) is -0.680. The van der Waals surface area contributed by atoms with Crippen LogP contribution in [0.25, 0.3) is 0 Å². The zero-order valence-corrected chi connectivity index (χ0v) is 28.0. The minimum atomic E-state index is -0.416. The highest BCUT2D eigenvalue weighted by atomic mass is 16.5. The van der Waals surface area contributed by atoms with E-state index in [4.69, 9.17) is 4.74 Å². The third kappa shape index (κ3) is 30.1. The van der Waals surface area contributed by atoms with E-state index in [-0.39, 0.29) is 11.8 Å². The molecule has 0 bridgehead atoms. The van der Waals surface area contributed by atoms with E-state index in [0.29, 0.717) is 13.0 Å². The summed E-state index contributed by atoms with van der Waals surface area (Å²) in [6, 6.07) is -0.0947. The predicted octanol–water partition coefficient (Wildman–Crippen LogP) is 11.2. The van der Waals surface area contributed by atoms with Crippen LogP contribution in [0.1, 0.15) is 194 Å². The maximum atomic E-state index is 12.6. The normalized spacial score (nSPS) is 12.3. The minimum absolute atomic E-state index is 0.0947. The Balaban J connectivity index is 4.15. The first-order valence-corrected chi connectivity index (χ1v) is 18.2. The fourth-order valence-corrected chi connectivity index (χ4v) is 5.31. The summed E-state index contributed by atoms with van der Waals surface area (Å²) in [6.07, 6.45) is 36.8. The molecule has 0 saturated carbocycles. The van der Waals surface area contributed by atoms with Gasteiger partial charge in [-0.25, -0.2) is 0 Å².